The van der Waals surface area contributed by atoms with E-state index in [1.807, 2.05) is 6.92 Å². The van der Waals surface area contributed by atoms with Crippen molar-refractivity contribution in [2.45, 2.75) is 38.5 Å². The highest BCUT2D eigenvalue weighted by atomic mass is 19.4. The zero-order valence-corrected chi connectivity index (χ0v) is 21.3. The third-order valence-corrected chi connectivity index (χ3v) is 6.54. The first-order valence-electron chi connectivity index (χ1n) is 12.2. The maximum Gasteiger partial charge on any atom is 0.434 e. The Kier molecular flexibility index (Phi) is 5.96. The molecule has 0 atom stereocenters. The quantitative estimate of drug-likeness (QED) is 0.255. The van der Waals surface area contributed by atoms with Crippen LogP contribution in [0.15, 0.2) is 47.5 Å². The predicted octanol–water partition coefficient (Wildman–Crippen LogP) is 5.87. The molecule has 6 rings (SSSR count). The second-order valence-corrected chi connectivity index (χ2v) is 9.41. The van der Waals surface area contributed by atoms with E-state index in [0.29, 0.717) is 39.8 Å². The van der Waals surface area contributed by atoms with Crippen molar-refractivity contribution >= 4 is 11.1 Å². The highest BCUT2D eigenvalue weighted by Gasteiger charge is 2.35. The molecule has 4 heterocycles. The van der Waals surface area contributed by atoms with Gasteiger partial charge in [0.2, 0.25) is 11.5 Å². The Morgan fingerprint density at radius 1 is 1.05 bits per heavy atom. The lowest BCUT2D eigenvalue weighted by molar-refractivity contribution is -0.140. The molecule has 1 aromatic carbocycles. The van der Waals surface area contributed by atoms with Crippen LogP contribution in [-0.4, -0.2) is 36.6 Å². The number of hydrogen-bond donors (Lipinski definition) is 0. The van der Waals surface area contributed by atoms with E-state index in [2.05, 4.69) is 19.9 Å². The lowest BCUT2D eigenvalue weighted by atomic mass is 10.1. The molecule has 12 heteroatoms. The topological polar surface area (TPSA) is 101 Å². The second-order valence-electron chi connectivity index (χ2n) is 9.41. The number of nitrogens with zero attached hydrogens (tertiary/aromatic N) is 6. The zero-order chi connectivity index (χ0) is 27.3. The number of benzene rings is 1. The molecule has 0 saturated heterocycles. The first-order valence-corrected chi connectivity index (χ1v) is 12.2. The molecule has 0 aliphatic heterocycles. The van der Waals surface area contributed by atoms with Crippen LogP contribution in [0.4, 0.5) is 13.2 Å². The van der Waals surface area contributed by atoms with Crippen molar-refractivity contribution in [3.05, 3.63) is 65.6 Å². The average Bonchev–Trinajstić information content (AvgIpc) is 3.60. The van der Waals surface area contributed by atoms with E-state index in [-0.39, 0.29) is 18.3 Å². The summed E-state index contributed by atoms with van der Waals surface area (Å²) in [7, 11) is 3.07. The minimum absolute atomic E-state index is 0.137. The van der Waals surface area contributed by atoms with Crippen LogP contribution in [0.2, 0.25) is 0 Å². The molecule has 9 nitrogen and oxygen atoms in total. The molecule has 39 heavy (non-hydrogen) atoms. The second kappa shape index (κ2) is 9.37. The molecule has 1 aliphatic carbocycles. The summed E-state index contributed by atoms with van der Waals surface area (Å²) >= 11 is 0. The number of halogens is 3. The van der Waals surface area contributed by atoms with Gasteiger partial charge < -0.3 is 18.5 Å². The van der Waals surface area contributed by atoms with Crippen molar-refractivity contribution in [2.75, 3.05) is 7.11 Å². The van der Waals surface area contributed by atoms with Crippen molar-refractivity contribution in [2.24, 2.45) is 7.05 Å². The number of aromatic nitrogens is 6. The van der Waals surface area contributed by atoms with E-state index in [1.54, 1.807) is 37.6 Å². The molecule has 1 aliphatic rings. The SMILES string of the molecule is COc1ncnc(C2CC2)c1-c1nc(OCc2ccc(-c3nc(C(F)(F)F)cn3C)cc2)c2occ(C)c2n1. The molecule has 0 radical (unpaired) electrons. The Morgan fingerprint density at radius 3 is 2.49 bits per heavy atom. The van der Waals surface area contributed by atoms with E-state index in [0.717, 1.165) is 35.9 Å². The van der Waals surface area contributed by atoms with Gasteiger partial charge >= 0.3 is 6.18 Å². The largest absolute Gasteiger partial charge is 0.480 e. The first-order chi connectivity index (χ1) is 18.7. The number of methoxy groups -OCH3 is 1. The van der Waals surface area contributed by atoms with Gasteiger partial charge in [0.15, 0.2) is 11.5 Å². The average molecular weight is 537 g/mol. The van der Waals surface area contributed by atoms with Crippen molar-refractivity contribution in [1.82, 2.24) is 29.5 Å². The van der Waals surface area contributed by atoms with Gasteiger partial charge in [-0.3, -0.25) is 0 Å². The van der Waals surface area contributed by atoms with Gasteiger partial charge in [0.05, 0.1) is 19.1 Å². The zero-order valence-electron chi connectivity index (χ0n) is 21.3. The van der Waals surface area contributed by atoms with Gasteiger partial charge in [-0.25, -0.2) is 19.9 Å². The Labute approximate surface area is 220 Å². The standard InChI is InChI=1S/C27H23F3N6O3/c1-14-11-38-22-20(14)34-23(19-21(16-8-9-16)31-13-32-25(19)37-3)35-26(22)39-12-15-4-6-17(7-5-15)24-33-18(10-36(24)2)27(28,29)30/h4-7,10-11,13,16H,8-9,12H2,1-3H3. The van der Waals surface area contributed by atoms with Crippen molar-refractivity contribution in [3.8, 4) is 34.5 Å². The van der Waals surface area contributed by atoms with Crippen LogP contribution >= 0.6 is 0 Å². The number of furan rings is 1. The van der Waals surface area contributed by atoms with Crippen LogP contribution < -0.4 is 9.47 Å². The summed E-state index contributed by atoms with van der Waals surface area (Å²) < 4.78 is 57.8. The fourth-order valence-electron chi connectivity index (χ4n) is 4.40. The summed E-state index contributed by atoms with van der Waals surface area (Å²) in [6.45, 7) is 2.02. The Hall–Kier alpha value is -4.48. The summed E-state index contributed by atoms with van der Waals surface area (Å²) in [5, 5.41) is 0. The van der Waals surface area contributed by atoms with E-state index in [4.69, 9.17) is 18.9 Å². The number of rotatable bonds is 7. The fourth-order valence-corrected chi connectivity index (χ4v) is 4.40. The molecule has 0 bridgehead atoms. The van der Waals surface area contributed by atoms with Gasteiger partial charge in [-0.2, -0.15) is 18.2 Å². The van der Waals surface area contributed by atoms with Crippen LogP contribution in [0.25, 0.3) is 33.9 Å². The maximum atomic E-state index is 13.1. The van der Waals surface area contributed by atoms with Gasteiger partial charge in [-0.05, 0) is 25.3 Å². The lowest BCUT2D eigenvalue weighted by Crippen LogP contribution is -2.05. The number of alkyl halides is 3. The smallest absolute Gasteiger partial charge is 0.434 e. The molecule has 1 fully saturated rings. The number of fused-ring (bicyclic) bond motifs is 1. The molecule has 0 unspecified atom stereocenters. The highest BCUT2D eigenvalue weighted by Crippen LogP contribution is 2.45. The molecule has 1 saturated carbocycles. The summed E-state index contributed by atoms with van der Waals surface area (Å²) in [6.07, 6.45) is 1.58. The van der Waals surface area contributed by atoms with Crippen molar-refractivity contribution in [3.63, 3.8) is 0 Å². The van der Waals surface area contributed by atoms with Gasteiger partial charge in [0, 0.05) is 30.3 Å². The summed E-state index contributed by atoms with van der Waals surface area (Å²) in [5.41, 5.74) is 3.70. The van der Waals surface area contributed by atoms with E-state index in [1.165, 1.54) is 17.9 Å². The van der Waals surface area contributed by atoms with Gasteiger partial charge in [-0.1, -0.05) is 24.3 Å². The van der Waals surface area contributed by atoms with E-state index >= 15 is 0 Å². The summed E-state index contributed by atoms with van der Waals surface area (Å²) in [4.78, 5) is 21.9. The molecular formula is C27H23F3N6O3. The number of aryl methyl sites for hydroxylation is 2. The molecule has 5 aromatic rings. The first kappa shape index (κ1) is 24.8. The molecule has 0 spiro atoms. The van der Waals surface area contributed by atoms with Crippen LogP contribution in [-0.2, 0) is 19.8 Å². The van der Waals surface area contributed by atoms with Crippen LogP contribution in [0, 0.1) is 6.92 Å². The van der Waals surface area contributed by atoms with E-state index in [9.17, 15) is 13.2 Å². The molecule has 4 aromatic heterocycles. The normalized spacial score (nSPS) is 13.7. The predicted molar refractivity (Wildman–Crippen MR) is 134 cm³/mol. The molecule has 0 amide bonds. The summed E-state index contributed by atoms with van der Waals surface area (Å²) in [6, 6.07) is 6.94. The molecular weight excluding hydrogens is 513 g/mol. The minimum Gasteiger partial charge on any atom is -0.480 e. The Balaban J connectivity index is 1.30. The monoisotopic (exact) mass is 536 g/mol. The van der Waals surface area contributed by atoms with Crippen molar-refractivity contribution in [1.29, 1.82) is 0 Å². The van der Waals surface area contributed by atoms with Gasteiger partial charge in [-0.15, -0.1) is 0 Å². The van der Waals surface area contributed by atoms with Crippen LogP contribution in [0.3, 0.4) is 0 Å². The Bertz CT molecular complexity index is 1670. The Morgan fingerprint density at radius 2 is 1.82 bits per heavy atom. The third kappa shape index (κ3) is 4.66. The van der Waals surface area contributed by atoms with Crippen LogP contribution in [0.5, 0.6) is 11.8 Å². The van der Waals surface area contributed by atoms with E-state index < -0.39 is 11.9 Å². The third-order valence-electron chi connectivity index (χ3n) is 6.54. The minimum atomic E-state index is -4.51. The molecule has 200 valence electrons. The summed E-state index contributed by atoms with van der Waals surface area (Å²) in [5.74, 6) is 1.53. The number of hydrogen-bond acceptors (Lipinski definition) is 8. The lowest BCUT2D eigenvalue weighted by Gasteiger charge is -2.12. The highest BCUT2D eigenvalue weighted by molar-refractivity contribution is 5.83. The maximum absolute atomic E-state index is 13.1. The number of imidazole rings is 1. The fraction of sp³-hybridized carbons (Fsp3) is 0.296. The van der Waals surface area contributed by atoms with Crippen LogP contribution in [0.1, 0.15) is 41.3 Å². The van der Waals surface area contributed by atoms with Gasteiger partial charge in [0.1, 0.15) is 29.8 Å². The van der Waals surface area contributed by atoms with Crippen molar-refractivity contribution < 1.29 is 27.1 Å². The van der Waals surface area contributed by atoms with Gasteiger partial charge in [0.25, 0.3) is 5.88 Å². The molecule has 0 N–H and O–H groups in total. The number of ether oxygens (including phenoxy) is 2.